The normalized spacial score (nSPS) is 10.5. The second-order valence-electron chi connectivity index (χ2n) is 4.98. The third-order valence-electron chi connectivity index (χ3n) is 3.38. The molecule has 0 aliphatic rings. The summed E-state index contributed by atoms with van der Waals surface area (Å²) in [6, 6.07) is 4.73. The molecule has 1 aromatic heterocycles. The van der Waals surface area contributed by atoms with E-state index in [2.05, 4.69) is 0 Å². The average Bonchev–Trinajstić information content (AvgIpc) is 2.56. The molecule has 0 atom stereocenters. The number of benzene rings is 1. The van der Waals surface area contributed by atoms with Crippen LogP contribution in [0.3, 0.4) is 0 Å². The number of halogens is 1. The fraction of sp³-hybridized carbons (Fsp3) is 0.200. The molecule has 0 saturated carbocycles. The van der Waals surface area contributed by atoms with Gasteiger partial charge in [-0.1, -0.05) is 6.07 Å². The molecule has 0 saturated heterocycles. The van der Waals surface area contributed by atoms with Crippen molar-refractivity contribution in [2.75, 3.05) is 12.3 Å². The van der Waals surface area contributed by atoms with Crippen molar-refractivity contribution in [2.45, 2.75) is 0 Å². The Labute approximate surface area is 134 Å². The van der Waals surface area contributed by atoms with Crippen LogP contribution in [-0.4, -0.2) is 27.5 Å². The van der Waals surface area contributed by atoms with Crippen molar-refractivity contribution in [1.82, 2.24) is 9.13 Å². The second kappa shape index (κ2) is 6.49. The van der Waals surface area contributed by atoms with Crippen molar-refractivity contribution in [3.05, 3.63) is 62.0 Å². The molecule has 2 aromatic rings. The predicted octanol–water partition coefficient (Wildman–Crippen LogP) is -0.155. The number of carbonyl (C=O) groups excluding carboxylic acids is 2. The lowest BCUT2D eigenvalue weighted by Crippen LogP contribution is -2.42. The van der Waals surface area contributed by atoms with Gasteiger partial charge in [-0.2, -0.15) is 0 Å². The van der Waals surface area contributed by atoms with Crippen LogP contribution < -0.4 is 17.0 Å². The maximum absolute atomic E-state index is 13.1. The zero-order valence-electron chi connectivity index (χ0n) is 12.9. The van der Waals surface area contributed by atoms with Crippen LogP contribution in [0.15, 0.2) is 33.9 Å². The first-order valence-electron chi connectivity index (χ1n) is 6.75. The van der Waals surface area contributed by atoms with E-state index in [4.69, 9.17) is 10.5 Å². The summed E-state index contributed by atoms with van der Waals surface area (Å²) in [5, 5.41) is 0. The molecule has 24 heavy (non-hydrogen) atoms. The van der Waals surface area contributed by atoms with Crippen LogP contribution in [0, 0.1) is 5.82 Å². The summed E-state index contributed by atoms with van der Waals surface area (Å²) in [5.74, 6) is -2.75. The quantitative estimate of drug-likeness (QED) is 0.614. The smallest absolute Gasteiger partial charge is 0.338 e. The summed E-state index contributed by atoms with van der Waals surface area (Å²) in [4.78, 5) is 47.6. The Bertz CT molecular complexity index is 945. The number of nitrogens with zero attached hydrogens (tertiary/aromatic N) is 2. The van der Waals surface area contributed by atoms with Gasteiger partial charge in [0.2, 0.25) is 5.78 Å². The Balaban J connectivity index is 2.24. The monoisotopic (exact) mass is 335 g/mol. The lowest BCUT2D eigenvalue weighted by molar-refractivity contribution is 0.0473. The van der Waals surface area contributed by atoms with Gasteiger partial charge in [-0.05, 0) is 18.2 Å². The van der Waals surface area contributed by atoms with Crippen LogP contribution in [0.1, 0.15) is 20.7 Å². The summed E-state index contributed by atoms with van der Waals surface area (Å²) in [7, 11) is 2.49. The predicted molar refractivity (Wildman–Crippen MR) is 82.3 cm³/mol. The van der Waals surface area contributed by atoms with Gasteiger partial charge in [-0.25, -0.2) is 14.0 Å². The Morgan fingerprint density at radius 2 is 1.88 bits per heavy atom. The van der Waals surface area contributed by atoms with E-state index in [9.17, 15) is 23.6 Å². The van der Waals surface area contributed by atoms with Gasteiger partial charge in [-0.15, -0.1) is 0 Å². The van der Waals surface area contributed by atoms with Gasteiger partial charge in [0.25, 0.3) is 5.56 Å². The highest BCUT2D eigenvalue weighted by Crippen LogP contribution is 2.08. The highest BCUT2D eigenvalue weighted by Gasteiger charge is 2.21. The van der Waals surface area contributed by atoms with Crippen molar-refractivity contribution in [2.24, 2.45) is 14.1 Å². The number of rotatable bonds is 4. The molecule has 1 heterocycles. The lowest BCUT2D eigenvalue weighted by Gasteiger charge is -2.11. The molecule has 0 aliphatic carbocycles. The summed E-state index contributed by atoms with van der Waals surface area (Å²) in [6.07, 6.45) is 0. The number of ketones is 1. The number of aromatic nitrogens is 2. The summed E-state index contributed by atoms with van der Waals surface area (Å²) < 4.78 is 19.5. The molecule has 0 amide bonds. The molecule has 0 aliphatic heterocycles. The first-order chi connectivity index (χ1) is 11.2. The number of esters is 1. The number of hydrogen-bond donors (Lipinski definition) is 1. The zero-order valence-corrected chi connectivity index (χ0v) is 12.9. The molecule has 9 heteroatoms. The first kappa shape index (κ1) is 17.1. The van der Waals surface area contributed by atoms with Crippen molar-refractivity contribution in [3.8, 4) is 0 Å². The zero-order chi connectivity index (χ0) is 18.0. The third kappa shape index (κ3) is 3.09. The Kier molecular flexibility index (Phi) is 4.63. The summed E-state index contributed by atoms with van der Waals surface area (Å²) in [5.41, 5.74) is 3.52. The van der Waals surface area contributed by atoms with Gasteiger partial charge in [0, 0.05) is 14.1 Å². The van der Waals surface area contributed by atoms with Crippen LogP contribution in [0.2, 0.25) is 0 Å². The Morgan fingerprint density at radius 3 is 2.50 bits per heavy atom. The van der Waals surface area contributed by atoms with E-state index in [-0.39, 0.29) is 11.4 Å². The number of nitrogens with two attached hydrogens (primary N) is 1. The number of Topliss-reactive ketones (excluding diaryl/α,β-unsaturated/α-hetero) is 1. The molecule has 126 valence electrons. The van der Waals surface area contributed by atoms with Gasteiger partial charge >= 0.3 is 11.7 Å². The van der Waals surface area contributed by atoms with Crippen molar-refractivity contribution in [3.63, 3.8) is 0 Å². The molecular formula is C15H14FN3O5. The van der Waals surface area contributed by atoms with Crippen molar-refractivity contribution >= 4 is 17.6 Å². The van der Waals surface area contributed by atoms with E-state index in [1.165, 1.54) is 26.2 Å². The van der Waals surface area contributed by atoms with E-state index in [1.54, 1.807) is 0 Å². The van der Waals surface area contributed by atoms with Crippen LogP contribution in [-0.2, 0) is 18.8 Å². The molecule has 0 bridgehead atoms. The minimum absolute atomic E-state index is 0.0795. The molecular weight excluding hydrogens is 321 g/mol. The van der Waals surface area contributed by atoms with Gasteiger partial charge in [0.15, 0.2) is 6.61 Å². The Hall–Kier alpha value is -3.23. The van der Waals surface area contributed by atoms with Gasteiger partial charge in [-0.3, -0.25) is 18.7 Å². The number of carbonyl (C=O) groups is 2. The summed E-state index contributed by atoms with van der Waals surface area (Å²) >= 11 is 0. The first-order valence-corrected chi connectivity index (χ1v) is 6.75. The minimum atomic E-state index is -0.928. The second-order valence-corrected chi connectivity index (χ2v) is 4.98. The molecule has 0 unspecified atom stereocenters. The maximum Gasteiger partial charge on any atom is 0.338 e. The molecule has 0 fully saturated rings. The number of anilines is 1. The largest absolute Gasteiger partial charge is 0.454 e. The van der Waals surface area contributed by atoms with E-state index >= 15 is 0 Å². The molecule has 0 radical (unpaired) electrons. The van der Waals surface area contributed by atoms with E-state index in [1.807, 2.05) is 0 Å². The van der Waals surface area contributed by atoms with Gasteiger partial charge in [0.05, 0.1) is 5.56 Å². The average molecular weight is 335 g/mol. The van der Waals surface area contributed by atoms with Crippen LogP contribution in [0.5, 0.6) is 0 Å². The van der Waals surface area contributed by atoms with Crippen LogP contribution in [0.4, 0.5) is 10.2 Å². The minimum Gasteiger partial charge on any atom is -0.454 e. The molecule has 1 aromatic carbocycles. The van der Waals surface area contributed by atoms with Crippen molar-refractivity contribution < 1.29 is 18.7 Å². The van der Waals surface area contributed by atoms with E-state index in [0.717, 1.165) is 21.3 Å². The lowest BCUT2D eigenvalue weighted by atomic mass is 10.2. The van der Waals surface area contributed by atoms with E-state index < -0.39 is 41.0 Å². The number of nitrogen functional groups attached to an aromatic ring is 1. The van der Waals surface area contributed by atoms with Gasteiger partial charge < -0.3 is 10.5 Å². The highest BCUT2D eigenvalue weighted by atomic mass is 19.1. The van der Waals surface area contributed by atoms with E-state index in [0.29, 0.717) is 0 Å². The summed E-state index contributed by atoms with van der Waals surface area (Å²) in [6.45, 7) is -0.771. The topological polar surface area (TPSA) is 113 Å². The number of ether oxygens (including phenoxy) is 1. The molecule has 2 N–H and O–H groups in total. The fourth-order valence-corrected chi connectivity index (χ4v) is 2.02. The standard InChI is InChI=1S/C15H14FN3O5/c1-18-12(17)11(13(21)19(2)15(18)23)10(20)7-24-14(22)8-4-3-5-9(16)6-8/h3-6H,7,17H2,1-2H3. The van der Waals surface area contributed by atoms with Crippen LogP contribution in [0.25, 0.3) is 0 Å². The molecule has 2 rings (SSSR count). The van der Waals surface area contributed by atoms with Crippen molar-refractivity contribution in [1.29, 1.82) is 0 Å². The Morgan fingerprint density at radius 1 is 1.21 bits per heavy atom. The number of hydrogen-bond acceptors (Lipinski definition) is 6. The highest BCUT2D eigenvalue weighted by molar-refractivity contribution is 6.02. The molecule has 0 spiro atoms. The van der Waals surface area contributed by atoms with Crippen LogP contribution >= 0.6 is 0 Å². The maximum atomic E-state index is 13.1. The SMILES string of the molecule is Cn1c(N)c(C(=O)COC(=O)c2cccc(F)c2)c(=O)n(C)c1=O. The van der Waals surface area contributed by atoms with Gasteiger partial charge in [0.1, 0.15) is 17.2 Å². The fourth-order valence-electron chi connectivity index (χ4n) is 2.02. The third-order valence-corrected chi connectivity index (χ3v) is 3.38. The molecule has 8 nitrogen and oxygen atoms in total.